The van der Waals surface area contributed by atoms with Crippen molar-refractivity contribution in [3.8, 4) is 0 Å². The fourth-order valence-electron chi connectivity index (χ4n) is 2.54. The monoisotopic (exact) mass is 291 g/mol. The van der Waals surface area contributed by atoms with Gasteiger partial charge in [-0.15, -0.1) is 10.2 Å². The third kappa shape index (κ3) is 1.93. The summed E-state index contributed by atoms with van der Waals surface area (Å²) in [4.78, 5) is 15.6. The number of benzene rings is 1. The highest BCUT2D eigenvalue weighted by Crippen LogP contribution is 2.22. The molecule has 0 aliphatic heterocycles. The predicted octanol–water partition coefficient (Wildman–Crippen LogP) is 2.77. The third-order valence-corrected chi connectivity index (χ3v) is 3.68. The van der Waals surface area contributed by atoms with Gasteiger partial charge < -0.3 is 10.3 Å². The number of carbonyl (C=O) groups is 1. The van der Waals surface area contributed by atoms with E-state index in [-0.39, 0.29) is 5.91 Å². The Balaban J connectivity index is 1.69. The van der Waals surface area contributed by atoms with Crippen molar-refractivity contribution in [2.24, 2.45) is 0 Å². The Labute approximate surface area is 125 Å². The predicted molar refractivity (Wildman–Crippen MR) is 84.0 cm³/mol. The molecule has 0 saturated heterocycles. The first-order valence-electron chi connectivity index (χ1n) is 6.91. The molecule has 0 fully saturated rings. The van der Waals surface area contributed by atoms with Crippen LogP contribution in [0.25, 0.3) is 16.6 Å². The molecule has 2 N–H and O–H groups in total. The first kappa shape index (κ1) is 12.6. The fraction of sp³-hybridized carbons (Fsp3) is 0.0625. The van der Waals surface area contributed by atoms with E-state index in [0.717, 1.165) is 22.4 Å². The van der Waals surface area contributed by atoms with Gasteiger partial charge in [0.05, 0.1) is 11.2 Å². The van der Waals surface area contributed by atoms with Gasteiger partial charge in [0.15, 0.2) is 5.65 Å². The van der Waals surface area contributed by atoms with E-state index in [2.05, 4.69) is 20.5 Å². The average Bonchev–Trinajstić information content (AvgIpc) is 3.14. The molecule has 4 rings (SSSR count). The van der Waals surface area contributed by atoms with E-state index in [0.29, 0.717) is 11.2 Å². The second-order valence-electron chi connectivity index (χ2n) is 5.09. The molecule has 0 radical (unpaired) electrons. The highest BCUT2D eigenvalue weighted by molar-refractivity contribution is 6.08. The highest BCUT2D eigenvalue weighted by Gasteiger charge is 2.11. The lowest BCUT2D eigenvalue weighted by molar-refractivity contribution is 0.102. The Bertz CT molecular complexity index is 998. The number of pyridine rings is 1. The smallest absolute Gasteiger partial charge is 0.255 e. The van der Waals surface area contributed by atoms with Crippen LogP contribution >= 0.6 is 0 Å². The van der Waals surface area contributed by atoms with Crippen LogP contribution in [-0.2, 0) is 0 Å². The van der Waals surface area contributed by atoms with Crippen molar-refractivity contribution < 1.29 is 4.79 Å². The van der Waals surface area contributed by atoms with Gasteiger partial charge in [0.2, 0.25) is 0 Å². The van der Waals surface area contributed by atoms with Crippen LogP contribution in [0.1, 0.15) is 16.2 Å². The zero-order valence-electron chi connectivity index (χ0n) is 11.9. The molecule has 108 valence electrons. The van der Waals surface area contributed by atoms with E-state index in [1.807, 2.05) is 41.8 Å². The lowest BCUT2D eigenvalue weighted by atomic mass is 10.2. The van der Waals surface area contributed by atoms with E-state index in [1.165, 1.54) is 0 Å². The first-order chi connectivity index (χ1) is 10.7. The maximum atomic E-state index is 12.4. The molecule has 6 heteroatoms. The molecular weight excluding hydrogens is 278 g/mol. The van der Waals surface area contributed by atoms with Gasteiger partial charge in [0, 0.05) is 23.3 Å². The molecule has 0 aliphatic rings. The normalized spacial score (nSPS) is 11.1. The van der Waals surface area contributed by atoms with Crippen molar-refractivity contribution in [3.63, 3.8) is 0 Å². The molecule has 3 heterocycles. The summed E-state index contributed by atoms with van der Waals surface area (Å²) < 4.78 is 1.84. The minimum Gasteiger partial charge on any atom is -0.359 e. The summed E-state index contributed by atoms with van der Waals surface area (Å²) in [7, 11) is 0. The molecule has 22 heavy (non-hydrogen) atoms. The SMILES string of the molecule is Cc1nnc2cc(C(=O)Nc3cccc4cc[nH]c34)ccn12. The highest BCUT2D eigenvalue weighted by atomic mass is 16.1. The second-order valence-corrected chi connectivity index (χ2v) is 5.09. The number of anilines is 1. The van der Waals surface area contributed by atoms with Crippen molar-refractivity contribution in [2.75, 3.05) is 5.32 Å². The third-order valence-electron chi connectivity index (χ3n) is 3.68. The van der Waals surface area contributed by atoms with Gasteiger partial charge in [0.1, 0.15) is 5.82 Å². The van der Waals surface area contributed by atoms with Crippen molar-refractivity contribution in [2.45, 2.75) is 6.92 Å². The van der Waals surface area contributed by atoms with Gasteiger partial charge >= 0.3 is 0 Å². The number of nitrogens with zero attached hydrogens (tertiary/aromatic N) is 3. The number of aromatic nitrogens is 4. The van der Waals surface area contributed by atoms with E-state index < -0.39 is 0 Å². The molecule has 0 atom stereocenters. The Morgan fingerprint density at radius 2 is 2.14 bits per heavy atom. The van der Waals surface area contributed by atoms with Gasteiger partial charge in [-0.3, -0.25) is 9.20 Å². The number of fused-ring (bicyclic) bond motifs is 2. The van der Waals surface area contributed by atoms with Crippen LogP contribution in [0, 0.1) is 6.92 Å². The van der Waals surface area contributed by atoms with Crippen LogP contribution in [-0.4, -0.2) is 25.5 Å². The van der Waals surface area contributed by atoms with Crippen molar-refractivity contribution in [1.82, 2.24) is 19.6 Å². The molecule has 0 spiro atoms. The summed E-state index contributed by atoms with van der Waals surface area (Å²) in [6.45, 7) is 1.87. The molecule has 3 aromatic heterocycles. The topological polar surface area (TPSA) is 75.1 Å². The molecule has 6 nitrogen and oxygen atoms in total. The first-order valence-corrected chi connectivity index (χ1v) is 6.91. The number of rotatable bonds is 2. The fourth-order valence-corrected chi connectivity index (χ4v) is 2.54. The van der Waals surface area contributed by atoms with E-state index in [9.17, 15) is 4.79 Å². The number of nitrogens with one attached hydrogen (secondary N) is 2. The second kappa shape index (κ2) is 4.70. The van der Waals surface area contributed by atoms with Crippen LogP contribution in [0.2, 0.25) is 0 Å². The number of amides is 1. The number of hydrogen-bond donors (Lipinski definition) is 2. The lowest BCUT2D eigenvalue weighted by Crippen LogP contribution is -2.12. The summed E-state index contributed by atoms with van der Waals surface area (Å²) in [6.07, 6.45) is 3.65. The van der Waals surface area contributed by atoms with Crippen molar-refractivity contribution >= 4 is 28.1 Å². The minimum atomic E-state index is -0.176. The Hall–Kier alpha value is -3.15. The Morgan fingerprint density at radius 3 is 3.05 bits per heavy atom. The van der Waals surface area contributed by atoms with Gasteiger partial charge in [-0.05, 0) is 31.2 Å². The summed E-state index contributed by atoms with van der Waals surface area (Å²) >= 11 is 0. The number of para-hydroxylation sites is 1. The average molecular weight is 291 g/mol. The number of carbonyl (C=O) groups excluding carboxylic acids is 1. The molecule has 4 aromatic rings. The van der Waals surface area contributed by atoms with Crippen LogP contribution in [0.5, 0.6) is 0 Å². The van der Waals surface area contributed by atoms with Crippen molar-refractivity contribution in [1.29, 1.82) is 0 Å². The van der Waals surface area contributed by atoms with E-state index in [4.69, 9.17) is 0 Å². The largest absolute Gasteiger partial charge is 0.359 e. The molecular formula is C16H13N5O. The number of hydrogen-bond acceptors (Lipinski definition) is 3. The zero-order chi connectivity index (χ0) is 15.1. The summed E-state index contributed by atoms with van der Waals surface area (Å²) in [5.74, 6) is 0.614. The van der Waals surface area contributed by atoms with Gasteiger partial charge in [-0.1, -0.05) is 12.1 Å². The number of aromatic amines is 1. The van der Waals surface area contributed by atoms with Crippen LogP contribution in [0.3, 0.4) is 0 Å². The number of aryl methyl sites for hydroxylation is 1. The maximum absolute atomic E-state index is 12.4. The van der Waals surface area contributed by atoms with Gasteiger partial charge in [-0.25, -0.2) is 0 Å². The molecule has 0 saturated carbocycles. The van der Waals surface area contributed by atoms with Crippen LogP contribution in [0.15, 0.2) is 48.8 Å². The minimum absolute atomic E-state index is 0.176. The Kier molecular flexibility index (Phi) is 2.69. The Morgan fingerprint density at radius 1 is 1.23 bits per heavy atom. The van der Waals surface area contributed by atoms with Crippen LogP contribution < -0.4 is 5.32 Å². The maximum Gasteiger partial charge on any atom is 0.255 e. The molecule has 0 bridgehead atoms. The summed E-state index contributed by atoms with van der Waals surface area (Å²) in [5.41, 5.74) is 2.87. The zero-order valence-corrected chi connectivity index (χ0v) is 11.9. The van der Waals surface area contributed by atoms with E-state index in [1.54, 1.807) is 18.3 Å². The molecule has 1 aromatic carbocycles. The molecule has 0 unspecified atom stereocenters. The standard InChI is InChI=1S/C16H13N5O/c1-10-19-20-14-9-12(6-8-21(10)14)16(22)18-13-4-2-3-11-5-7-17-15(11)13/h2-9,17H,1H3,(H,18,22). The van der Waals surface area contributed by atoms with Gasteiger partial charge in [0.25, 0.3) is 5.91 Å². The summed E-state index contributed by atoms with van der Waals surface area (Å²) in [6, 6.07) is 11.2. The van der Waals surface area contributed by atoms with Crippen molar-refractivity contribution in [3.05, 3.63) is 60.2 Å². The summed E-state index contributed by atoms with van der Waals surface area (Å²) in [5, 5.41) is 12.0. The number of H-pyrrole nitrogens is 1. The van der Waals surface area contributed by atoms with E-state index >= 15 is 0 Å². The van der Waals surface area contributed by atoms with Gasteiger partial charge in [-0.2, -0.15) is 0 Å². The van der Waals surface area contributed by atoms with Crippen LogP contribution in [0.4, 0.5) is 5.69 Å². The lowest BCUT2D eigenvalue weighted by Gasteiger charge is -2.07. The molecule has 1 amide bonds. The quantitative estimate of drug-likeness (QED) is 0.596. The molecule has 0 aliphatic carbocycles.